The summed E-state index contributed by atoms with van der Waals surface area (Å²) in [6.45, 7) is 4.37. The van der Waals surface area contributed by atoms with Gasteiger partial charge in [0, 0.05) is 12.1 Å². The SMILES string of the molecule is CC1(C)CCC(O)CN1C(=O)Cc1cccc(F)c1. The lowest BCUT2D eigenvalue weighted by Crippen LogP contribution is -2.55. The van der Waals surface area contributed by atoms with Gasteiger partial charge in [-0.3, -0.25) is 4.79 Å². The lowest BCUT2D eigenvalue weighted by Gasteiger charge is -2.44. The maximum atomic E-state index is 13.1. The maximum absolute atomic E-state index is 13.1. The maximum Gasteiger partial charge on any atom is 0.227 e. The summed E-state index contributed by atoms with van der Waals surface area (Å²) in [6.07, 6.45) is 1.22. The Bertz CT molecular complexity index is 473. The summed E-state index contributed by atoms with van der Waals surface area (Å²) in [4.78, 5) is 14.0. The topological polar surface area (TPSA) is 40.5 Å². The molecule has 1 aliphatic heterocycles. The fourth-order valence-corrected chi connectivity index (χ4v) is 2.56. The molecule has 2 rings (SSSR count). The largest absolute Gasteiger partial charge is 0.391 e. The lowest BCUT2D eigenvalue weighted by molar-refractivity contribution is -0.141. The van der Waals surface area contributed by atoms with Crippen molar-refractivity contribution in [1.29, 1.82) is 0 Å². The van der Waals surface area contributed by atoms with Gasteiger partial charge in [-0.05, 0) is 44.4 Å². The summed E-state index contributed by atoms with van der Waals surface area (Å²) in [5.41, 5.74) is 0.421. The van der Waals surface area contributed by atoms with E-state index in [4.69, 9.17) is 0 Å². The summed E-state index contributed by atoms with van der Waals surface area (Å²) in [6, 6.07) is 6.09. The van der Waals surface area contributed by atoms with Gasteiger partial charge in [0.25, 0.3) is 0 Å². The molecule has 1 atom stereocenters. The van der Waals surface area contributed by atoms with Gasteiger partial charge in [0.1, 0.15) is 5.82 Å². The van der Waals surface area contributed by atoms with E-state index in [1.165, 1.54) is 12.1 Å². The number of rotatable bonds is 2. The number of β-amino-alcohol motifs (C(OH)–C–C–N with tert-alkyl or cyclic N) is 1. The van der Waals surface area contributed by atoms with Gasteiger partial charge >= 0.3 is 0 Å². The smallest absolute Gasteiger partial charge is 0.227 e. The molecule has 0 aliphatic carbocycles. The molecule has 0 spiro atoms. The Kier molecular flexibility index (Phi) is 3.90. The van der Waals surface area contributed by atoms with Crippen LogP contribution in [0.2, 0.25) is 0 Å². The average Bonchev–Trinajstić information content (AvgIpc) is 2.32. The molecule has 1 aromatic rings. The van der Waals surface area contributed by atoms with Gasteiger partial charge in [-0.2, -0.15) is 0 Å². The molecular formula is C15H20FNO2. The summed E-state index contributed by atoms with van der Waals surface area (Å²) in [5.74, 6) is -0.391. The molecular weight excluding hydrogens is 245 g/mol. The predicted molar refractivity (Wildman–Crippen MR) is 71.1 cm³/mol. The molecule has 1 heterocycles. The Balaban J connectivity index is 2.10. The Hall–Kier alpha value is -1.42. The third-order valence-electron chi connectivity index (χ3n) is 3.76. The van der Waals surface area contributed by atoms with Gasteiger partial charge in [-0.1, -0.05) is 12.1 Å². The van der Waals surface area contributed by atoms with Crippen LogP contribution in [0.1, 0.15) is 32.3 Å². The highest BCUT2D eigenvalue weighted by Gasteiger charge is 2.36. The number of halogens is 1. The number of aliphatic hydroxyl groups is 1. The molecule has 1 aliphatic rings. The molecule has 1 fully saturated rings. The standard InChI is InChI=1S/C15H20FNO2/c1-15(2)7-6-13(18)10-17(15)14(19)9-11-4-3-5-12(16)8-11/h3-5,8,13,18H,6-7,9-10H2,1-2H3. The van der Waals surface area contributed by atoms with Crippen LogP contribution in [0.5, 0.6) is 0 Å². The molecule has 0 aromatic heterocycles. The Labute approximate surface area is 113 Å². The zero-order valence-electron chi connectivity index (χ0n) is 11.4. The van der Waals surface area contributed by atoms with Crippen LogP contribution in [-0.4, -0.2) is 34.1 Å². The van der Waals surface area contributed by atoms with Crippen LogP contribution >= 0.6 is 0 Å². The quantitative estimate of drug-likeness (QED) is 0.890. The lowest BCUT2D eigenvalue weighted by atomic mass is 9.88. The first-order chi connectivity index (χ1) is 8.88. The molecule has 0 bridgehead atoms. The van der Waals surface area contributed by atoms with Crippen LogP contribution in [0.25, 0.3) is 0 Å². The van der Waals surface area contributed by atoms with E-state index in [2.05, 4.69) is 0 Å². The first-order valence-electron chi connectivity index (χ1n) is 6.61. The third-order valence-corrected chi connectivity index (χ3v) is 3.76. The molecule has 0 radical (unpaired) electrons. The second-order valence-corrected chi connectivity index (χ2v) is 5.82. The van der Waals surface area contributed by atoms with Crippen molar-refractivity contribution in [1.82, 2.24) is 4.90 Å². The van der Waals surface area contributed by atoms with E-state index >= 15 is 0 Å². The highest BCUT2D eigenvalue weighted by molar-refractivity contribution is 5.79. The van der Waals surface area contributed by atoms with Crippen molar-refractivity contribution in [3.8, 4) is 0 Å². The highest BCUT2D eigenvalue weighted by atomic mass is 19.1. The molecule has 4 heteroatoms. The monoisotopic (exact) mass is 265 g/mol. The number of hydrogen-bond donors (Lipinski definition) is 1. The van der Waals surface area contributed by atoms with Gasteiger partial charge in [0.2, 0.25) is 5.91 Å². The average molecular weight is 265 g/mol. The van der Waals surface area contributed by atoms with Crippen molar-refractivity contribution in [3.63, 3.8) is 0 Å². The van der Waals surface area contributed by atoms with E-state index in [0.717, 1.165) is 12.8 Å². The summed E-state index contributed by atoms with van der Waals surface area (Å²) in [5, 5.41) is 9.72. The van der Waals surface area contributed by atoms with Crippen molar-refractivity contribution in [2.24, 2.45) is 0 Å². The Morgan fingerprint density at radius 1 is 1.53 bits per heavy atom. The summed E-state index contributed by atoms with van der Waals surface area (Å²) < 4.78 is 13.1. The van der Waals surface area contributed by atoms with E-state index in [1.54, 1.807) is 17.0 Å². The molecule has 1 unspecified atom stereocenters. The summed E-state index contributed by atoms with van der Waals surface area (Å²) in [7, 11) is 0. The zero-order chi connectivity index (χ0) is 14.0. The molecule has 0 saturated carbocycles. The number of likely N-dealkylation sites (tertiary alicyclic amines) is 1. The minimum Gasteiger partial charge on any atom is -0.391 e. The Morgan fingerprint density at radius 2 is 2.26 bits per heavy atom. The minimum absolute atomic E-state index is 0.0608. The zero-order valence-corrected chi connectivity index (χ0v) is 11.4. The van der Waals surface area contributed by atoms with E-state index in [-0.39, 0.29) is 23.7 Å². The molecule has 3 nitrogen and oxygen atoms in total. The number of carbonyl (C=O) groups is 1. The van der Waals surface area contributed by atoms with Crippen molar-refractivity contribution >= 4 is 5.91 Å². The van der Waals surface area contributed by atoms with Gasteiger partial charge in [-0.25, -0.2) is 4.39 Å². The van der Waals surface area contributed by atoms with Crippen LogP contribution < -0.4 is 0 Å². The van der Waals surface area contributed by atoms with E-state index in [1.807, 2.05) is 13.8 Å². The number of piperidine rings is 1. The van der Waals surface area contributed by atoms with E-state index in [9.17, 15) is 14.3 Å². The van der Waals surface area contributed by atoms with Crippen LogP contribution in [0, 0.1) is 5.82 Å². The van der Waals surface area contributed by atoms with Gasteiger partial charge < -0.3 is 10.0 Å². The molecule has 1 aromatic carbocycles. The molecule has 19 heavy (non-hydrogen) atoms. The van der Waals surface area contributed by atoms with E-state index < -0.39 is 6.10 Å². The van der Waals surface area contributed by atoms with Gasteiger partial charge in [0.15, 0.2) is 0 Å². The van der Waals surface area contributed by atoms with Crippen molar-refractivity contribution in [2.75, 3.05) is 6.54 Å². The van der Waals surface area contributed by atoms with Crippen molar-refractivity contribution in [3.05, 3.63) is 35.6 Å². The number of amides is 1. The van der Waals surface area contributed by atoms with Crippen LogP contribution in [0.4, 0.5) is 4.39 Å². The third kappa shape index (κ3) is 3.32. The highest BCUT2D eigenvalue weighted by Crippen LogP contribution is 2.28. The molecule has 104 valence electrons. The second-order valence-electron chi connectivity index (χ2n) is 5.82. The Morgan fingerprint density at radius 3 is 2.95 bits per heavy atom. The summed E-state index contributed by atoms with van der Waals surface area (Å²) >= 11 is 0. The number of benzene rings is 1. The van der Waals surface area contributed by atoms with Gasteiger partial charge in [-0.15, -0.1) is 0 Å². The minimum atomic E-state index is -0.454. The van der Waals surface area contributed by atoms with E-state index in [0.29, 0.717) is 12.1 Å². The fraction of sp³-hybridized carbons (Fsp3) is 0.533. The number of nitrogens with zero attached hydrogens (tertiary/aromatic N) is 1. The normalized spacial score (nSPS) is 22.3. The van der Waals surface area contributed by atoms with Crippen LogP contribution in [-0.2, 0) is 11.2 Å². The van der Waals surface area contributed by atoms with Crippen molar-refractivity contribution in [2.45, 2.75) is 44.8 Å². The molecule has 1 amide bonds. The molecule has 1 N–H and O–H groups in total. The number of aliphatic hydroxyl groups excluding tert-OH is 1. The molecule has 1 saturated heterocycles. The first kappa shape index (κ1) is 14.0. The number of carbonyl (C=O) groups excluding carboxylic acids is 1. The first-order valence-corrected chi connectivity index (χ1v) is 6.61. The number of hydrogen-bond acceptors (Lipinski definition) is 2. The van der Waals surface area contributed by atoms with Crippen LogP contribution in [0.15, 0.2) is 24.3 Å². The fourth-order valence-electron chi connectivity index (χ4n) is 2.56. The van der Waals surface area contributed by atoms with Gasteiger partial charge in [0.05, 0.1) is 12.5 Å². The predicted octanol–water partition coefficient (Wildman–Crippen LogP) is 2.13. The van der Waals surface area contributed by atoms with Crippen molar-refractivity contribution < 1.29 is 14.3 Å². The van der Waals surface area contributed by atoms with Crippen LogP contribution in [0.3, 0.4) is 0 Å². The second kappa shape index (κ2) is 5.29.